The summed E-state index contributed by atoms with van der Waals surface area (Å²) < 4.78 is 10.8. The third-order valence-electron chi connectivity index (χ3n) is 4.60. The van der Waals surface area contributed by atoms with E-state index in [9.17, 15) is 20.1 Å². The fraction of sp³-hybridized carbons (Fsp3) is 0.286. The topological polar surface area (TPSA) is 96.2 Å². The number of methoxy groups -OCH3 is 1. The molecule has 0 aliphatic carbocycles. The van der Waals surface area contributed by atoms with E-state index in [-0.39, 0.29) is 35.0 Å². The quantitative estimate of drug-likeness (QED) is 0.716. The van der Waals surface area contributed by atoms with E-state index < -0.39 is 11.4 Å². The molecule has 6 heteroatoms. The molecular weight excluding hydrogens is 348 g/mol. The summed E-state index contributed by atoms with van der Waals surface area (Å²) in [7, 11) is 1.49. The van der Waals surface area contributed by atoms with Crippen LogP contribution >= 0.6 is 0 Å². The summed E-state index contributed by atoms with van der Waals surface area (Å²) in [6.45, 7) is 3.56. The lowest BCUT2D eigenvalue weighted by atomic mass is 9.83. The van der Waals surface area contributed by atoms with Crippen LogP contribution in [0.1, 0.15) is 35.3 Å². The van der Waals surface area contributed by atoms with Crippen molar-refractivity contribution < 1.29 is 29.6 Å². The lowest BCUT2D eigenvalue weighted by molar-refractivity contribution is -0.00637. The zero-order valence-electron chi connectivity index (χ0n) is 15.4. The van der Waals surface area contributed by atoms with E-state index in [0.717, 1.165) is 11.1 Å². The van der Waals surface area contributed by atoms with Crippen molar-refractivity contribution in [3.8, 4) is 23.0 Å². The molecule has 27 heavy (non-hydrogen) atoms. The number of phenolic OH excluding ortho intramolecular Hbond substituents is 2. The van der Waals surface area contributed by atoms with Gasteiger partial charge in [0.15, 0.2) is 5.60 Å². The number of allylic oxidation sites excluding steroid dienone is 2. The van der Waals surface area contributed by atoms with Gasteiger partial charge in [-0.3, -0.25) is 4.79 Å². The van der Waals surface area contributed by atoms with Gasteiger partial charge in [-0.2, -0.15) is 0 Å². The molecule has 0 radical (unpaired) electrons. The molecule has 0 saturated carbocycles. The third kappa shape index (κ3) is 3.36. The summed E-state index contributed by atoms with van der Waals surface area (Å²) in [6, 6.07) is 7.02. The van der Waals surface area contributed by atoms with Gasteiger partial charge >= 0.3 is 0 Å². The number of ketones is 1. The van der Waals surface area contributed by atoms with E-state index in [1.807, 2.05) is 19.9 Å². The predicted molar refractivity (Wildman–Crippen MR) is 99.6 cm³/mol. The van der Waals surface area contributed by atoms with E-state index in [1.54, 1.807) is 6.07 Å². The lowest BCUT2D eigenvalue weighted by Gasteiger charge is -2.33. The van der Waals surface area contributed by atoms with Crippen LogP contribution in [0.4, 0.5) is 0 Å². The Kier molecular flexibility index (Phi) is 4.85. The number of benzene rings is 2. The molecule has 6 nitrogen and oxygen atoms in total. The van der Waals surface area contributed by atoms with Crippen molar-refractivity contribution in [2.24, 2.45) is 0 Å². The van der Waals surface area contributed by atoms with Crippen LogP contribution in [0.3, 0.4) is 0 Å². The van der Waals surface area contributed by atoms with E-state index in [2.05, 4.69) is 0 Å². The van der Waals surface area contributed by atoms with Gasteiger partial charge in [-0.15, -0.1) is 0 Å². The van der Waals surface area contributed by atoms with Gasteiger partial charge in [0.05, 0.1) is 12.7 Å². The molecule has 1 aliphatic heterocycles. The number of hydrogen-bond donors (Lipinski definition) is 3. The molecule has 0 unspecified atom stereocenters. The second-order valence-corrected chi connectivity index (χ2v) is 6.83. The van der Waals surface area contributed by atoms with Crippen molar-refractivity contribution in [1.82, 2.24) is 0 Å². The first kappa shape index (κ1) is 18.8. The number of ether oxygens (including phenoxy) is 2. The first-order valence-electron chi connectivity index (χ1n) is 8.53. The maximum atomic E-state index is 13.0. The first-order chi connectivity index (χ1) is 12.8. The Labute approximate surface area is 157 Å². The summed E-state index contributed by atoms with van der Waals surface area (Å²) in [5, 5.41) is 31.1. The van der Waals surface area contributed by atoms with Gasteiger partial charge in [0.2, 0.25) is 5.78 Å². The van der Waals surface area contributed by atoms with Gasteiger partial charge < -0.3 is 24.8 Å². The molecule has 0 bridgehead atoms. The van der Waals surface area contributed by atoms with Gasteiger partial charge in [-0.05, 0) is 44.0 Å². The molecule has 3 N–H and O–H groups in total. The minimum atomic E-state index is -2.04. The molecule has 2 aromatic rings. The lowest BCUT2D eigenvalue weighted by Crippen LogP contribution is -2.45. The summed E-state index contributed by atoms with van der Waals surface area (Å²) in [5.41, 5.74) is -0.00715. The van der Waals surface area contributed by atoms with Gasteiger partial charge in [0, 0.05) is 17.7 Å². The number of aliphatic hydroxyl groups is 1. The number of aromatic hydroxyl groups is 2. The molecule has 0 amide bonds. The van der Waals surface area contributed by atoms with Crippen LogP contribution in [0, 0.1) is 0 Å². The van der Waals surface area contributed by atoms with Crippen molar-refractivity contribution in [3.05, 3.63) is 58.7 Å². The Balaban J connectivity index is 2.09. The van der Waals surface area contributed by atoms with Crippen LogP contribution in [-0.2, 0) is 12.0 Å². The normalized spacial score (nSPS) is 18.4. The average Bonchev–Trinajstić information content (AvgIpc) is 2.63. The van der Waals surface area contributed by atoms with E-state index in [1.165, 1.54) is 31.4 Å². The monoisotopic (exact) mass is 370 g/mol. The highest BCUT2D eigenvalue weighted by molar-refractivity contribution is 6.06. The van der Waals surface area contributed by atoms with Crippen LogP contribution < -0.4 is 9.47 Å². The Hall–Kier alpha value is -2.99. The molecule has 142 valence electrons. The second-order valence-electron chi connectivity index (χ2n) is 6.83. The largest absolute Gasteiger partial charge is 0.508 e. The predicted octanol–water partition coefficient (Wildman–Crippen LogP) is 3.08. The van der Waals surface area contributed by atoms with Crippen molar-refractivity contribution in [3.63, 3.8) is 0 Å². The minimum absolute atomic E-state index is 0.0386. The highest BCUT2D eigenvalue weighted by Gasteiger charge is 2.46. The molecule has 0 saturated heterocycles. The maximum Gasteiger partial charge on any atom is 0.206 e. The van der Waals surface area contributed by atoms with E-state index in [4.69, 9.17) is 9.47 Å². The number of fused-ring (bicyclic) bond motifs is 1. The molecule has 1 aliphatic rings. The van der Waals surface area contributed by atoms with Crippen LogP contribution in [0.25, 0.3) is 0 Å². The van der Waals surface area contributed by atoms with Gasteiger partial charge in [-0.25, -0.2) is 0 Å². The van der Waals surface area contributed by atoms with E-state index in [0.29, 0.717) is 12.2 Å². The Morgan fingerprint density at radius 1 is 1.26 bits per heavy atom. The smallest absolute Gasteiger partial charge is 0.206 e. The number of carbonyl (C=O) groups excluding carboxylic acids is 1. The van der Waals surface area contributed by atoms with Crippen LogP contribution in [0.15, 0.2) is 42.0 Å². The number of Topliss-reactive ketones (excluding diaryl/α,β-unsaturated/α-hetero) is 1. The zero-order chi connectivity index (χ0) is 19.8. The SMILES string of the molecule is COc1cc(O)c([C@]2(O)COc3cc(O)ccc3C2=O)cc1CC=C(C)C. The molecule has 3 rings (SSSR count). The highest BCUT2D eigenvalue weighted by Crippen LogP contribution is 2.42. The molecule has 0 aromatic heterocycles. The maximum absolute atomic E-state index is 13.0. The van der Waals surface area contributed by atoms with Gasteiger partial charge in [0.1, 0.15) is 29.6 Å². The van der Waals surface area contributed by atoms with E-state index >= 15 is 0 Å². The van der Waals surface area contributed by atoms with Crippen molar-refractivity contribution in [2.45, 2.75) is 25.9 Å². The standard InChI is InChI=1S/C21H22O6/c1-12(2)4-5-13-8-16(17(23)10-18(13)26-3)21(25)11-27-19-9-14(22)6-7-15(19)20(21)24/h4,6-10,22-23,25H,5,11H2,1-3H3/t21-/m1/s1. The summed E-state index contributed by atoms with van der Waals surface area (Å²) in [6.07, 6.45) is 2.51. The Morgan fingerprint density at radius 2 is 2.00 bits per heavy atom. The van der Waals surface area contributed by atoms with Crippen molar-refractivity contribution in [1.29, 1.82) is 0 Å². The van der Waals surface area contributed by atoms with Gasteiger partial charge in [0.25, 0.3) is 0 Å². The van der Waals surface area contributed by atoms with Gasteiger partial charge in [-0.1, -0.05) is 11.6 Å². The van der Waals surface area contributed by atoms with Crippen LogP contribution in [0.5, 0.6) is 23.0 Å². The van der Waals surface area contributed by atoms with Crippen LogP contribution in [-0.4, -0.2) is 34.8 Å². The molecule has 0 fully saturated rings. The summed E-state index contributed by atoms with van der Waals surface area (Å²) in [4.78, 5) is 13.0. The zero-order valence-corrected chi connectivity index (χ0v) is 15.4. The molecule has 0 spiro atoms. The van der Waals surface area contributed by atoms with Crippen molar-refractivity contribution >= 4 is 5.78 Å². The number of rotatable bonds is 4. The highest BCUT2D eigenvalue weighted by atomic mass is 16.5. The second kappa shape index (κ2) is 6.96. The average molecular weight is 370 g/mol. The Bertz CT molecular complexity index is 927. The number of phenols is 2. The fourth-order valence-electron chi connectivity index (χ4n) is 3.10. The minimum Gasteiger partial charge on any atom is -0.508 e. The summed E-state index contributed by atoms with van der Waals surface area (Å²) >= 11 is 0. The molecule has 1 heterocycles. The van der Waals surface area contributed by atoms with Crippen molar-refractivity contribution in [2.75, 3.05) is 13.7 Å². The third-order valence-corrected chi connectivity index (χ3v) is 4.60. The number of hydrogen-bond acceptors (Lipinski definition) is 6. The molecule has 2 aromatic carbocycles. The van der Waals surface area contributed by atoms with Crippen LogP contribution in [0.2, 0.25) is 0 Å². The summed E-state index contributed by atoms with van der Waals surface area (Å²) in [5.74, 6) is -0.232. The number of carbonyl (C=O) groups is 1. The molecule has 1 atom stereocenters. The Morgan fingerprint density at radius 3 is 2.67 bits per heavy atom. The first-order valence-corrected chi connectivity index (χ1v) is 8.53. The fourth-order valence-corrected chi connectivity index (χ4v) is 3.10. The molecular formula is C21H22O6.